The molecule has 6 heterocycles. The fourth-order valence-corrected chi connectivity index (χ4v) is 4.00. The van der Waals surface area contributed by atoms with Gasteiger partial charge in [-0.15, -0.1) is 0 Å². The molecule has 0 radical (unpaired) electrons. The van der Waals surface area contributed by atoms with Crippen molar-refractivity contribution in [2.75, 3.05) is 92.9 Å². The van der Waals surface area contributed by atoms with Crippen LogP contribution >= 0.6 is 0 Å². The van der Waals surface area contributed by atoms with E-state index >= 15 is 0 Å². The van der Waals surface area contributed by atoms with Gasteiger partial charge in [-0.2, -0.15) is 0 Å². The van der Waals surface area contributed by atoms with E-state index in [2.05, 4.69) is 0 Å². The van der Waals surface area contributed by atoms with Crippen LogP contribution in [0.3, 0.4) is 0 Å². The number of para-hydroxylation sites is 2. The van der Waals surface area contributed by atoms with Crippen LogP contribution in [0.1, 0.15) is 138 Å². The summed E-state index contributed by atoms with van der Waals surface area (Å²) < 4.78 is 61.1. The summed E-state index contributed by atoms with van der Waals surface area (Å²) in [5, 5.41) is 0. The lowest BCUT2D eigenvalue weighted by Crippen LogP contribution is -2.08. The van der Waals surface area contributed by atoms with Crippen LogP contribution in [0.15, 0.2) is 133 Å². The fraction of sp³-hybridized carbons (Fsp3) is 0.625. The topological polar surface area (TPSA) is 131 Å². The largest absolute Gasteiger partial charge is 0.491 e. The molecule has 12 nitrogen and oxygen atoms in total. The second kappa shape index (κ2) is 75.3. The van der Waals surface area contributed by atoms with Crippen molar-refractivity contribution in [3.8, 4) is 11.5 Å². The molecule has 76 heavy (non-hydrogen) atoms. The zero-order valence-electron chi connectivity index (χ0n) is 52.0. The van der Waals surface area contributed by atoms with Crippen LogP contribution in [-0.2, 0) is 47.4 Å². The van der Waals surface area contributed by atoms with Crippen LogP contribution in [0.4, 0.5) is 0 Å². The molecule has 0 N–H and O–H groups in total. The maximum atomic E-state index is 5.40. The van der Waals surface area contributed by atoms with E-state index in [-0.39, 0.29) is 0 Å². The molecule has 6 aliphatic heterocycles. The minimum absolute atomic E-state index is 0.329. The molecule has 6 aliphatic rings. The molecule has 0 saturated carbocycles. The molecule has 4 aromatic rings. The van der Waals surface area contributed by atoms with Crippen LogP contribution in [0, 0.1) is 0 Å². The monoisotopic (exact) mass is 1080 g/mol. The summed E-state index contributed by atoms with van der Waals surface area (Å²) in [4.78, 5) is 0. The van der Waals surface area contributed by atoms with Gasteiger partial charge in [0.2, 0.25) is 0 Å². The highest BCUT2D eigenvalue weighted by Gasteiger charge is 2.26. The van der Waals surface area contributed by atoms with Crippen molar-refractivity contribution in [3.05, 3.63) is 133 Å². The van der Waals surface area contributed by atoms with Gasteiger partial charge in [0, 0.05) is 0 Å². The zero-order chi connectivity index (χ0) is 58.6. The van der Waals surface area contributed by atoms with Crippen LogP contribution in [0.2, 0.25) is 0 Å². The first-order valence-electron chi connectivity index (χ1n) is 29.2. The van der Waals surface area contributed by atoms with E-state index in [0.29, 0.717) is 89.9 Å². The average Bonchev–Trinajstić information content (AvgIpc) is 4.33. The first-order valence-corrected chi connectivity index (χ1v) is 29.2. The zero-order valence-corrected chi connectivity index (χ0v) is 52.0. The van der Waals surface area contributed by atoms with Crippen LogP contribution in [-0.4, -0.2) is 129 Å². The third-order valence-electron chi connectivity index (χ3n) is 7.65. The second-order valence-corrected chi connectivity index (χ2v) is 13.0. The quantitative estimate of drug-likeness (QED) is 0.0534. The molecular weight excluding hydrogens is 961 g/mol. The summed E-state index contributed by atoms with van der Waals surface area (Å²) in [6.07, 6.45) is 2.00. The summed E-state index contributed by atoms with van der Waals surface area (Å²) in [6.45, 7) is 49.8. The third kappa shape index (κ3) is 72.2. The lowest BCUT2D eigenvalue weighted by atomic mass is 10.3. The molecule has 0 aliphatic carbocycles. The SMILES string of the molecule is C(OCC1CO1)OCC1CO1.C(OCC1CO1)OCC1CO1.CC.CC.CC.CC.CC.CC.CC.CC.CC.CC.c1ccc(OCC2CO2)cc1.c1ccc(OCC2CO2)cc1.c1ccccc1.c1ccccc1. The summed E-state index contributed by atoms with van der Waals surface area (Å²) in [7, 11) is 0. The molecule has 444 valence electrons. The predicted molar refractivity (Wildman–Crippen MR) is 322 cm³/mol. The fourth-order valence-electron chi connectivity index (χ4n) is 4.00. The average molecular weight is 1080 g/mol. The first-order chi connectivity index (χ1) is 37.8. The van der Waals surface area contributed by atoms with Crippen LogP contribution < -0.4 is 9.47 Å². The minimum atomic E-state index is 0.329. The number of rotatable bonds is 18. The Hall–Kier alpha value is -3.92. The third-order valence-corrected chi connectivity index (χ3v) is 7.65. The van der Waals surface area contributed by atoms with Crippen molar-refractivity contribution in [2.45, 2.75) is 175 Å². The van der Waals surface area contributed by atoms with Gasteiger partial charge in [-0.05, 0) is 24.3 Å². The molecule has 0 spiro atoms. The van der Waals surface area contributed by atoms with Crippen molar-refractivity contribution >= 4 is 0 Å². The van der Waals surface area contributed by atoms with Gasteiger partial charge < -0.3 is 56.8 Å². The molecule has 4 aromatic carbocycles. The smallest absolute Gasteiger partial charge is 0.146 e. The molecule has 0 amide bonds. The Morgan fingerprint density at radius 3 is 0.553 bits per heavy atom. The molecular formula is C64H116O12. The van der Waals surface area contributed by atoms with Crippen LogP contribution in [0.25, 0.3) is 0 Å². The minimum Gasteiger partial charge on any atom is -0.491 e. The van der Waals surface area contributed by atoms with E-state index in [1.165, 1.54) is 0 Å². The standard InChI is InChI=1S/2C9H10O2.2C7H12O4.2C6H6.10C2H6/c2*1-2-4-8(5-3-1)10-6-9-7-11-9;2*1(6-3-10-6)8-5-9-2-7-4-11-7;2*1-2-4-6-5-3-1;10*1-2/h2*1-5,9H,6-7H2;2*6-7H,1-5H2;2*1-6H;10*1-2H3. The number of hydrogen-bond acceptors (Lipinski definition) is 12. The Balaban J connectivity index is -0.000000183. The van der Waals surface area contributed by atoms with Crippen LogP contribution in [0.5, 0.6) is 11.5 Å². The van der Waals surface area contributed by atoms with Crippen molar-refractivity contribution < 1.29 is 56.8 Å². The van der Waals surface area contributed by atoms with Gasteiger partial charge >= 0.3 is 0 Å². The summed E-state index contributed by atoms with van der Waals surface area (Å²) in [5.41, 5.74) is 0. The van der Waals surface area contributed by atoms with E-state index in [0.717, 1.165) is 51.1 Å². The number of epoxide rings is 6. The second-order valence-electron chi connectivity index (χ2n) is 13.0. The molecule has 6 unspecified atom stereocenters. The first kappa shape index (κ1) is 83.4. The molecule has 6 fully saturated rings. The lowest BCUT2D eigenvalue weighted by molar-refractivity contribution is -0.0611. The van der Waals surface area contributed by atoms with Crippen molar-refractivity contribution in [1.29, 1.82) is 0 Å². The highest BCUT2D eigenvalue weighted by atomic mass is 16.7. The van der Waals surface area contributed by atoms with E-state index < -0.39 is 0 Å². The number of benzene rings is 4. The van der Waals surface area contributed by atoms with Crippen molar-refractivity contribution in [2.24, 2.45) is 0 Å². The molecule has 0 aromatic heterocycles. The molecule has 6 atom stereocenters. The van der Waals surface area contributed by atoms with Gasteiger partial charge in [0.05, 0.1) is 66.1 Å². The summed E-state index contributed by atoms with van der Waals surface area (Å²) >= 11 is 0. The van der Waals surface area contributed by atoms with Gasteiger partial charge in [0.25, 0.3) is 0 Å². The summed E-state index contributed by atoms with van der Waals surface area (Å²) in [5.74, 6) is 1.84. The van der Waals surface area contributed by atoms with Gasteiger partial charge in [-0.25, -0.2) is 0 Å². The van der Waals surface area contributed by atoms with Gasteiger partial charge in [0.1, 0.15) is 74.9 Å². The molecule has 12 heteroatoms. The molecule has 6 saturated heterocycles. The van der Waals surface area contributed by atoms with Gasteiger partial charge in [-0.3, -0.25) is 0 Å². The maximum absolute atomic E-state index is 5.40. The Morgan fingerprint density at radius 1 is 0.250 bits per heavy atom. The maximum Gasteiger partial charge on any atom is 0.146 e. The van der Waals surface area contributed by atoms with Crippen molar-refractivity contribution in [1.82, 2.24) is 0 Å². The van der Waals surface area contributed by atoms with Gasteiger partial charge in [0.15, 0.2) is 0 Å². The predicted octanol–water partition coefficient (Wildman–Crippen LogP) is 16.1. The molecule has 0 bridgehead atoms. The summed E-state index contributed by atoms with van der Waals surface area (Å²) in [6, 6.07) is 43.6. The van der Waals surface area contributed by atoms with E-state index in [9.17, 15) is 0 Å². The highest BCUT2D eigenvalue weighted by molar-refractivity contribution is 5.21. The Labute approximate surface area is 468 Å². The Morgan fingerprint density at radius 2 is 0.395 bits per heavy atom. The van der Waals surface area contributed by atoms with Gasteiger partial charge in [-0.1, -0.05) is 248 Å². The van der Waals surface area contributed by atoms with E-state index in [1.54, 1.807) is 0 Å². The Kier molecular flexibility index (Phi) is 82.7. The number of ether oxygens (including phenoxy) is 12. The Bertz CT molecular complexity index is 1260. The lowest BCUT2D eigenvalue weighted by Gasteiger charge is -2.01. The van der Waals surface area contributed by atoms with E-state index in [4.69, 9.17) is 56.8 Å². The van der Waals surface area contributed by atoms with Crippen molar-refractivity contribution in [3.63, 3.8) is 0 Å². The number of hydrogen-bond donors (Lipinski definition) is 0. The van der Waals surface area contributed by atoms with E-state index in [1.807, 2.05) is 272 Å². The molecule has 10 rings (SSSR count). The normalized spacial score (nSPS) is 18.0. The highest BCUT2D eigenvalue weighted by Crippen LogP contribution is 2.15.